The normalized spacial score (nSPS) is 32.1. The summed E-state index contributed by atoms with van der Waals surface area (Å²) in [5, 5.41) is 0. The molecule has 3 aliphatic heterocycles. The maximum atomic E-state index is 6.01. The van der Waals surface area contributed by atoms with E-state index >= 15 is 0 Å². The fourth-order valence-electron chi connectivity index (χ4n) is 3.84. The maximum Gasteiger partial charge on any atom is 0.272 e. The molecule has 0 spiro atoms. The molecule has 200 valence electrons. The molecule has 7 unspecified atom stereocenters. The number of nitrogens with zero attached hydrogens (tertiary/aromatic N) is 1. The van der Waals surface area contributed by atoms with E-state index in [9.17, 15) is 0 Å². The second-order valence-electron chi connectivity index (χ2n) is 8.93. The predicted molar refractivity (Wildman–Crippen MR) is 131 cm³/mol. The van der Waals surface area contributed by atoms with Crippen molar-refractivity contribution in [1.82, 2.24) is 4.57 Å². The third-order valence-electron chi connectivity index (χ3n) is 5.50. The van der Waals surface area contributed by atoms with Crippen LogP contribution < -0.4 is 0 Å². The molecule has 0 bridgehead atoms. The predicted octanol–water partition coefficient (Wildman–Crippen LogP) is 2.99. The van der Waals surface area contributed by atoms with Crippen LogP contribution >= 0.6 is 21.6 Å². The first-order chi connectivity index (χ1) is 17.0. The average Bonchev–Trinajstić information content (AvgIpc) is 3.61. The van der Waals surface area contributed by atoms with Gasteiger partial charge in [0, 0.05) is 36.9 Å². The van der Waals surface area contributed by atoms with Gasteiger partial charge in [-0.2, -0.15) is 0 Å². The Hall–Kier alpha value is -0.380. The molecular formula is C23H37NO9S2. The van der Waals surface area contributed by atoms with Crippen LogP contribution in [0.2, 0.25) is 0 Å². The lowest BCUT2D eigenvalue weighted by atomic mass is 10.2. The summed E-state index contributed by atoms with van der Waals surface area (Å²) in [7, 11) is 5.04. The number of ether oxygens (including phenoxy) is 9. The number of hydrogen-bond donors (Lipinski definition) is 0. The van der Waals surface area contributed by atoms with Crippen LogP contribution in [0.15, 0.2) is 18.3 Å². The quantitative estimate of drug-likeness (QED) is 0.260. The van der Waals surface area contributed by atoms with E-state index in [4.69, 9.17) is 42.6 Å². The molecule has 7 atom stereocenters. The highest BCUT2D eigenvalue weighted by molar-refractivity contribution is 8.76. The van der Waals surface area contributed by atoms with Crippen molar-refractivity contribution in [3.63, 3.8) is 0 Å². The molecule has 3 saturated heterocycles. The highest BCUT2D eigenvalue weighted by atomic mass is 33.1. The smallest absolute Gasteiger partial charge is 0.272 e. The first-order valence-electron chi connectivity index (χ1n) is 12.0. The van der Waals surface area contributed by atoms with Crippen molar-refractivity contribution < 1.29 is 42.6 Å². The second kappa shape index (κ2) is 14.0. The lowest BCUT2D eigenvalue weighted by molar-refractivity contribution is -0.254. The Morgan fingerprint density at radius 1 is 0.886 bits per heavy atom. The molecule has 3 fully saturated rings. The van der Waals surface area contributed by atoms with Gasteiger partial charge in [-0.05, 0) is 32.9 Å². The minimum atomic E-state index is -0.640. The van der Waals surface area contributed by atoms with E-state index in [1.165, 1.54) is 0 Å². The van der Waals surface area contributed by atoms with E-state index in [0.29, 0.717) is 26.4 Å². The molecular weight excluding hydrogens is 498 g/mol. The summed E-state index contributed by atoms with van der Waals surface area (Å²) in [5.41, 5.74) is 1.16. The zero-order valence-electron chi connectivity index (χ0n) is 20.7. The Bertz CT molecular complexity index is 754. The van der Waals surface area contributed by atoms with Crippen LogP contribution in [0.4, 0.5) is 0 Å². The average molecular weight is 536 g/mol. The van der Waals surface area contributed by atoms with Crippen molar-refractivity contribution >= 4 is 21.6 Å². The van der Waals surface area contributed by atoms with Crippen molar-refractivity contribution in [1.29, 1.82) is 0 Å². The second-order valence-corrected chi connectivity index (χ2v) is 11.5. The van der Waals surface area contributed by atoms with E-state index in [1.54, 1.807) is 28.7 Å². The molecule has 12 heteroatoms. The van der Waals surface area contributed by atoms with Gasteiger partial charge in [-0.25, -0.2) is 0 Å². The molecule has 10 nitrogen and oxygen atoms in total. The summed E-state index contributed by atoms with van der Waals surface area (Å²) in [5.74, 6) is 1.65. The zero-order valence-corrected chi connectivity index (χ0v) is 22.4. The standard InChI is InChI=1S/C23H37NO9S2/c1-15(2)29-22-27-10-18(31-22)9-24-7-5-6-17(24)8-16(3)30-23-28-12-20(33-23)14-35-34-13-19-11-26-21(25-4)32-19/h5-7,15-16,18-23H,8-14H2,1-4H3. The topological polar surface area (TPSA) is 88.0 Å². The number of hydrogen-bond acceptors (Lipinski definition) is 11. The molecule has 0 amide bonds. The monoisotopic (exact) mass is 535 g/mol. The van der Waals surface area contributed by atoms with Crippen molar-refractivity contribution in [3.05, 3.63) is 24.0 Å². The molecule has 3 aliphatic rings. The molecule has 0 radical (unpaired) electrons. The Labute approximate surface area is 214 Å². The zero-order chi connectivity index (χ0) is 24.6. The number of rotatable bonds is 14. The maximum absolute atomic E-state index is 6.01. The van der Waals surface area contributed by atoms with Crippen LogP contribution in [0.1, 0.15) is 26.5 Å². The highest BCUT2D eigenvalue weighted by Gasteiger charge is 2.31. The minimum absolute atomic E-state index is 0.00144. The van der Waals surface area contributed by atoms with Gasteiger partial charge in [0.15, 0.2) is 0 Å². The summed E-state index contributed by atoms with van der Waals surface area (Å²) in [6, 6.07) is 4.13. The summed E-state index contributed by atoms with van der Waals surface area (Å²) in [6.45, 7) is 6.47. The van der Waals surface area contributed by atoms with Gasteiger partial charge in [0.05, 0.1) is 50.8 Å². The van der Waals surface area contributed by atoms with Gasteiger partial charge in [-0.15, -0.1) is 0 Å². The summed E-state index contributed by atoms with van der Waals surface area (Å²) < 4.78 is 52.8. The van der Waals surface area contributed by atoms with E-state index < -0.39 is 19.4 Å². The lowest BCUT2D eigenvalue weighted by Crippen LogP contribution is -2.26. The van der Waals surface area contributed by atoms with Gasteiger partial charge in [0.25, 0.3) is 19.4 Å². The minimum Gasteiger partial charge on any atom is -0.349 e. The van der Waals surface area contributed by atoms with E-state index in [-0.39, 0.29) is 30.5 Å². The molecule has 1 aromatic heterocycles. The third kappa shape index (κ3) is 8.85. The molecule has 35 heavy (non-hydrogen) atoms. The molecule has 0 aliphatic carbocycles. The Balaban J connectivity index is 1.11. The lowest BCUT2D eigenvalue weighted by Gasteiger charge is -2.20. The fourth-order valence-corrected chi connectivity index (χ4v) is 6.17. The summed E-state index contributed by atoms with van der Waals surface area (Å²) >= 11 is 0. The van der Waals surface area contributed by atoms with Crippen molar-refractivity contribution in [2.75, 3.05) is 38.4 Å². The molecule has 1 aromatic rings. The van der Waals surface area contributed by atoms with Gasteiger partial charge in [0.2, 0.25) is 0 Å². The van der Waals surface area contributed by atoms with Crippen LogP contribution in [0.3, 0.4) is 0 Å². The highest BCUT2D eigenvalue weighted by Crippen LogP contribution is 2.29. The first kappa shape index (κ1) is 27.6. The van der Waals surface area contributed by atoms with Gasteiger partial charge >= 0.3 is 0 Å². The molecule has 0 aromatic carbocycles. The van der Waals surface area contributed by atoms with Crippen molar-refractivity contribution in [2.24, 2.45) is 0 Å². The third-order valence-corrected chi connectivity index (χ3v) is 7.99. The molecule has 4 heterocycles. The van der Waals surface area contributed by atoms with E-state index in [0.717, 1.165) is 23.6 Å². The Kier molecular flexibility index (Phi) is 11.0. The van der Waals surface area contributed by atoms with Crippen LogP contribution in [0.25, 0.3) is 0 Å². The summed E-state index contributed by atoms with van der Waals surface area (Å²) in [6.07, 6.45) is 2.78. The van der Waals surface area contributed by atoms with Crippen molar-refractivity contribution in [3.8, 4) is 0 Å². The van der Waals surface area contributed by atoms with E-state index in [1.807, 2.05) is 33.0 Å². The van der Waals surface area contributed by atoms with Gasteiger partial charge in [-0.3, -0.25) is 0 Å². The van der Waals surface area contributed by atoms with Crippen LogP contribution in [-0.2, 0) is 55.6 Å². The Morgan fingerprint density at radius 2 is 1.49 bits per heavy atom. The SMILES string of the molecule is COC1OCC(CSSCC2COC(OC(C)Cc3cccn3CC3COC(OC(C)C)O3)O2)O1. The van der Waals surface area contributed by atoms with Gasteiger partial charge < -0.3 is 47.2 Å². The van der Waals surface area contributed by atoms with Crippen molar-refractivity contribution in [2.45, 2.75) is 83.7 Å². The first-order valence-corrected chi connectivity index (χ1v) is 14.5. The van der Waals surface area contributed by atoms with Gasteiger partial charge in [-0.1, -0.05) is 21.6 Å². The number of methoxy groups -OCH3 is 1. The van der Waals surface area contributed by atoms with E-state index in [2.05, 4.69) is 10.6 Å². The van der Waals surface area contributed by atoms with Gasteiger partial charge in [0.1, 0.15) is 6.10 Å². The summed E-state index contributed by atoms with van der Waals surface area (Å²) in [4.78, 5) is 0. The molecule has 0 saturated carbocycles. The molecule has 0 N–H and O–H groups in total. The molecule has 4 rings (SSSR count). The number of aromatic nitrogens is 1. The van der Waals surface area contributed by atoms with Crippen LogP contribution in [-0.4, -0.2) is 93.0 Å². The van der Waals surface area contributed by atoms with Crippen LogP contribution in [0, 0.1) is 0 Å². The Morgan fingerprint density at radius 3 is 2.14 bits per heavy atom. The fraction of sp³-hybridized carbons (Fsp3) is 0.826. The largest absolute Gasteiger partial charge is 0.349 e. The van der Waals surface area contributed by atoms with Crippen LogP contribution in [0.5, 0.6) is 0 Å².